The number of aromatic nitrogens is 4. The second-order valence-corrected chi connectivity index (χ2v) is 8.06. The number of amides is 1. The first-order valence-corrected chi connectivity index (χ1v) is 11.5. The Hall–Kier alpha value is -5.11. The van der Waals surface area contributed by atoms with Gasteiger partial charge in [0.2, 0.25) is 5.91 Å². The van der Waals surface area contributed by atoms with E-state index in [4.69, 9.17) is 9.84 Å². The van der Waals surface area contributed by atoms with E-state index >= 15 is 0 Å². The summed E-state index contributed by atoms with van der Waals surface area (Å²) >= 11 is 0. The monoisotopic (exact) mass is 491 g/mol. The molecular formula is C29H22FN5O2. The molecule has 0 saturated carbocycles. The highest BCUT2D eigenvalue weighted by Crippen LogP contribution is 2.25. The van der Waals surface area contributed by atoms with E-state index in [-0.39, 0.29) is 18.2 Å². The Bertz CT molecular complexity index is 1520. The lowest BCUT2D eigenvalue weighted by Crippen LogP contribution is -2.20. The highest BCUT2D eigenvalue weighted by molar-refractivity contribution is 5.92. The van der Waals surface area contributed by atoms with Crippen molar-refractivity contribution >= 4 is 12.0 Å². The van der Waals surface area contributed by atoms with E-state index in [1.54, 1.807) is 47.5 Å². The van der Waals surface area contributed by atoms with Crippen LogP contribution in [0.15, 0.2) is 110 Å². The van der Waals surface area contributed by atoms with Crippen LogP contribution >= 0.6 is 0 Å². The van der Waals surface area contributed by atoms with Gasteiger partial charge >= 0.3 is 0 Å². The molecule has 0 unspecified atom stereocenters. The lowest BCUT2D eigenvalue weighted by Gasteiger charge is -2.08. The van der Waals surface area contributed by atoms with E-state index in [0.717, 1.165) is 16.8 Å². The Morgan fingerprint density at radius 3 is 2.51 bits per heavy atom. The van der Waals surface area contributed by atoms with E-state index in [9.17, 15) is 9.18 Å². The molecule has 2 aromatic carbocycles. The average molecular weight is 492 g/mol. The van der Waals surface area contributed by atoms with E-state index in [1.165, 1.54) is 24.4 Å². The third-order valence-corrected chi connectivity index (χ3v) is 5.44. The second-order valence-electron chi connectivity index (χ2n) is 8.06. The second kappa shape index (κ2) is 11.1. The van der Waals surface area contributed by atoms with E-state index < -0.39 is 5.82 Å². The first-order valence-electron chi connectivity index (χ1n) is 11.5. The Morgan fingerprint density at radius 2 is 1.78 bits per heavy atom. The molecule has 7 nitrogen and oxygen atoms in total. The van der Waals surface area contributed by atoms with Crippen molar-refractivity contribution in [2.45, 2.75) is 6.54 Å². The number of hydrogen-bond acceptors (Lipinski definition) is 5. The molecule has 3 heterocycles. The Labute approximate surface area is 212 Å². The van der Waals surface area contributed by atoms with Gasteiger partial charge in [0, 0.05) is 48.5 Å². The van der Waals surface area contributed by atoms with Crippen LogP contribution in [0.4, 0.5) is 4.39 Å². The number of ether oxygens (including phenoxy) is 1. The molecule has 37 heavy (non-hydrogen) atoms. The molecule has 1 N–H and O–H groups in total. The molecule has 0 radical (unpaired) electrons. The summed E-state index contributed by atoms with van der Waals surface area (Å²) in [4.78, 5) is 20.7. The van der Waals surface area contributed by atoms with Gasteiger partial charge in [0.15, 0.2) is 11.6 Å². The zero-order valence-electron chi connectivity index (χ0n) is 19.7. The molecule has 3 aromatic heterocycles. The van der Waals surface area contributed by atoms with Crippen molar-refractivity contribution < 1.29 is 13.9 Å². The maximum atomic E-state index is 14.5. The lowest BCUT2D eigenvalue weighted by atomic mass is 10.1. The number of halogens is 1. The molecule has 0 atom stereocenters. The maximum Gasteiger partial charge on any atom is 0.244 e. The SMILES string of the molecule is O=C(C=Cc1cn(-c2ccccc2)nc1-c1cccnc1)NCc1ccc(Oc2cccnc2)c(F)c1. The first-order chi connectivity index (χ1) is 18.2. The Morgan fingerprint density at radius 1 is 0.973 bits per heavy atom. The summed E-state index contributed by atoms with van der Waals surface area (Å²) < 4.78 is 21.8. The van der Waals surface area contributed by atoms with Crippen LogP contribution < -0.4 is 10.1 Å². The summed E-state index contributed by atoms with van der Waals surface area (Å²) in [5, 5.41) is 7.49. The number of benzene rings is 2. The smallest absolute Gasteiger partial charge is 0.244 e. The van der Waals surface area contributed by atoms with Crippen LogP contribution in [0.1, 0.15) is 11.1 Å². The number of carbonyl (C=O) groups excluding carboxylic acids is 1. The van der Waals surface area contributed by atoms with Gasteiger partial charge in [-0.1, -0.05) is 24.3 Å². The maximum absolute atomic E-state index is 14.5. The topological polar surface area (TPSA) is 81.9 Å². The van der Waals surface area contributed by atoms with Gasteiger partial charge in [-0.15, -0.1) is 0 Å². The minimum atomic E-state index is -0.527. The predicted molar refractivity (Wildman–Crippen MR) is 138 cm³/mol. The molecule has 1 amide bonds. The van der Waals surface area contributed by atoms with Crippen LogP contribution in [0.3, 0.4) is 0 Å². The quantitative estimate of drug-likeness (QED) is 0.286. The van der Waals surface area contributed by atoms with Crippen LogP contribution in [-0.4, -0.2) is 25.7 Å². The highest BCUT2D eigenvalue weighted by Gasteiger charge is 2.11. The molecule has 0 fully saturated rings. The molecule has 182 valence electrons. The highest BCUT2D eigenvalue weighted by atomic mass is 19.1. The van der Waals surface area contributed by atoms with Gasteiger partial charge in [-0.25, -0.2) is 9.07 Å². The molecule has 0 aliphatic rings. The predicted octanol–water partition coefficient (Wildman–Crippen LogP) is 5.59. The van der Waals surface area contributed by atoms with Gasteiger partial charge in [0.05, 0.1) is 11.9 Å². The fourth-order valence-corrected chi connectivity index (χ4v) is 3.63. The van der Waals surface area contributed by atoms with Crippen molar-refractivity contribution in [2.75, 3.05) is 0 Å². The van der Waals surface area contributed by atoms with Crippen LogP contribution in [0.25, 0.3) is 23.0 Å². The van der Waals surface area contributed by atoms with Gasteiger partial charge in [-0.3, -0.25) is 14.8 Å². The molecule has 0 spiro atoms. The van der Waals surface area contributed by atoms with Crippen LogP contribution in [-0.2, 0) is 11.3 Å². The number of hydrogen-bond donors (Lipinski definition) is 1. The number of pyridine rings is 2. The summed E-state index contributed by atoms with van der Waals surface area (Å²) in [5.41, 5.74) is 3.80. The Balaban J connectivity index is 1.27. The number of para-hydroxylation sites is 1. The van der Waals surface area contributed by atoms with Crippen LogP contribution in [0, 0.1) is 5.82 Å². The third-order valence-electron chi connectivity index (χ3n) is 5.44. The number of nitrogens with zero attached hydrogens (tertiary/aromatic N) is 4. The van der Waals surface area contributed by atoms with Gasteiger partial charge in [0.1, 0.15) is 11.4 Å². The van der Waals surface area contributed by atoms with Crippen molar-refractivity contribution in [1.29, 1.82) is 0 Å². The van der Waals surface area contributed by atoms with Gasteiger partial charge in [-0.05, 0) is 60.2 Å². The molecule has 0 bridgehead atoms. The molecular weight excluding hydrogens is 469 g/mol. The lowest BCUT2D eigenvalue weighted by molar-refractivity contribution is -0.116. The molecule has 0 aliphatic heterocycles. The first kappa shape index (κ1) is 23.6. The number of nitrogens with one attached hydrogen (secondary N) is 1. The van der Waals surface area contributed by atoms with Crippen LogP contribution in [0.5, 0.6) is 11.5 Å². The minimum Gasteiger partial charge on any atom is -0.453 e. The van der Waals surface area contributed by atoms with E-state index in [2.05, 4.69) is 15.3 Å². The molecule has 0 aliphatic carbocycles. The summed E-state index contributed by atoms with van der Waals surface area (Å²) in [7, 11) is 0. The number of carbonyl (C=O) groups is 1. The fraction of sp³-hybridized carbons (Fsp3) is 0.0345. The van der Waals surface area contributed by atoms with E-state index in [0.29, 0.717) is 17.0 Å². The standard InChI is InChI=1S/C29H22FN5O2/c30-26-16-21(10-12-27(26)37-25-9-5-15-32-19-25)17-33-28(36)13-11-23-20-35(24-7-2-1-3-8-24)34-29(23)22-6-4-14-31-18-22/h1-16,18-20H,17H2,(H,33,36). The van der Waals surface area contributed by atoms with Crippen molar-refractivity contribution in [3.63, 3.8) is 0 Å². The Kier molecular flexibility index (Phi) is 7.08. The zero-order chi connectivity index (χ0) is 25.5. The van der Waals surface area contributed by atoms with Crippen molar-refractivity contribution in [1.82, 2.24) is 25.1 Å². The molecule has 5 aromatic rings. The van der Waals surface area contributed by atoms with Gasteiger partial charge < -0.3 is 10.1 Å². The minimum absolute atomic E-state index is 0.0846. The summed E-state index contributed by atoms with van der Waals surface area (Å²) in [6, 6.07) is 21.4. The largest absolute Gasteiger partial charge is 0.453 e. The van der Waals surface area contributed by atoms with Crippen LogP contribution in [0.2, 0.25) is 0 Å². The number of rotatable bonds is 8. The summed E-state index contributed by atoms with van der Waals surface area (Å²) in [6.45, 7) is 0.159. The average Bonchev–Trinajstić information content (AvgIpc) is 3.38. The third kappa shape index (κ3) is 5.94. The van der Waals surface area contributed by atoms with Crippen molar-refractivity contribution in [3.05, 3.63) is 127 Å². The van der Waals surface area contributed by atoms with Gasteiger partial charge in [-0.2, -0.15) is 5.10 Å². The molecule has 5 rings (SSSR count). The van der Waals surface area contributed by atoms with Gasteiger partial charge in [0.25, 0.3) is 0 Å². The molecule has 8 heteroatoms. The zero-order valence-corrected chi connectivity index (χ0v) is 19.7. The van der Waals surface area contributed by atoms with Crippen molar-refractivity contribution in [2.24, 2.45) is 0 Å². The fourth-order valence-electron chi connectivity index (χ4n) is 3.63. The normalized spacial score (nSPS) is 10.9. The van der Waals surface area contributed by atoms with Crippen molar-refractivity contribution in [3.8, 4) is 28.4 Å². The summed E-state index contributed by atoms with van der Waals surface area (Å²) in [5.74, 6) is -0.323. The molecule has 0 saturated heterocycles. The van der Waals surface area contributed by atoms with E-state index in [1.807, 2.05) is 48.7 Å². The summed E-state index contributed by atoms with van der Waals surface area (Å²) in [6.07, 6.45) is 11.5.